The second-order valence-corrected chi connectivity index (χ2v) is 4.81. The average Bonchev–Trinajstić information content (AvgIpc) is 2.31. The summed E-state index contributed by atoms with van der Waals surface area (Å²) in [5, 5.41) is 0. The van der Waals surface area contributed by atoms with Gasteiger partial charge in [0.25, 0.3) is 0 Å². The summed E-state index contributed by atoms with van der Waals surface area (Å²) >= 11 is 0. The Morgan fingerprint density at radius 1 is 1.50 bits per heavy atom. The Morgan fingerprint density at radius 2 is 2.31 bits per heavy atom. The molecule has 1 aliphatic rings. The monoisotopic (exact) mass is 218 g/mol. The largest absolute Gasteiger partial charge is 0.206 e. The molecule has 0 fully saturated rings. The van der Waals surface area contributed by atoms with E-state index in [4.69, 9.17) is 0 Å². The van der Waals surface area contributed by atoms with Gasteiger partial charge in [-0.05, 0) is 61.6 Å². The van der Waals surface area contributed by atoms with Gasteiger partial charge in [-0.1, -0.05) is 18.2 Å². The molecule has 0 bridgehead atoms. The summed E-state index contributed by atoms with van der Waals surface area (Å²) in [5.74, 6) is 0.743. The van der Waals surface area contributed by atoms with Crippen LogP contribution in [0, 0.1) is 18.7 Å². The predicted octanol–water partition coefficient (Wildman–Crippen LogP) is 4.21. The molecule has 0 amide bonds. The first kappa shape index (κ1) is 11.4. The van der Waals surface area contributed by atoms with E-state index in [2.05, 4.69) is 12.6 Å². The first-order chi connectivity index (χ1) is 7.72. The fraction of sp³-hybridized carbons (Fsp3) is 0.467. The number of allylic oxidation sites excluding steroid dienone is 1. The van der Waals surface area contributed by atoms with Crippen LogP contribution < -0.4 is 0 Å². The average molecular weight is 218 g/mol. The highest BCUT2D eigenvalue weighted by atomic mass is 19.1. The number of aryl methyl sites for hydroxylation is 1. The van der Waals surface area contributed by atoms with Gasteiger partial charge in [0, 0.05) is 0 Å². The van der Waals surface area contributed by atoms with E-state index in [1.165, 1.54) is 12.0 Å². The first-order valence-electron chi connectivity index (χ1n) is 6.10. The van der Waals surface area contributed by atoms with Gasteiger partial charge in [-0.25, -0.2) is 4.39 Å². The van der Waals surface area contributed by atoms with E-state index in [1.807, 2.05) is 19.1 Å². The van der Waals surface area contributed by atoms with Crippen molar-refractivity contribution in [3.8, 4) is 0 Å². The van der Waals surface area contributed by atoms with Crippen molar-refractivity contribution in [3.05, 3.63) is 47.3 Å². The summed E-state index contributed by atoms with van der Waals surface area (Å²) in [6.45, 7) is 5.60. The Hall–Kier alpha value is -1.11. The van der Waals surface area contributed by atoms with Crippen molar-refractivity contribution in [1.29, 1.82) is 0 Å². The summed E-state index contributed by atoms with van der Waals surface area (Å²) < 4.78 is 13.8. The molecular formula is C15H19F. The van der Waals surface area contributed by atoms with Gasteiger partial charge >= 0.3 is 0 Å². The molecule has 1 aromatic rings. The SMILES string of the molecule is C=CCCC1CCc2c(ccc(C)c2F)C1. The van der Waals surface area contributed by atoms with E-state index in [-0.39, 0.29) is 5.82 Å². The van der Waals surface area contributed by atoms with Crippen LogP contribution in [0.4, 0.5) is 4.39 Å². The van der Waals surface area contributed by atoms with Crippen LogP contribution in [0.3, 0.4) is 0 Å². The van der Waals surface area contributed by atoms with Crippen LogP contribution in [0.2, 0.25) is 0 Å². The lowest BCUT2D eigenvalue weighted by Crippen LogP contribution is -2.16. The molecule has 0 saturated heterocycles. The van der Waals surface area contributed by atoms with Crippen LogP contribution in [0.25, 0.3) is 0 Å². The first-order valence-corrected chi connectivity index (χ1v) is 6.10. The topological polar surface area (TPSA) is 0 Å². The molecule has 0 saturated carbocycles. The third kappa shape index (κ3) is 2.18. The molecule has 0 N–H and O–H groups in total. The van der Waals surface area contributed by atoms with E-state index in [0.717, 1.165) is 36.8 Å². The van der Waals surface area contributed by atoms with Crippen molar-refractivity contribution >= 4 is 0 Å². The Bertz CT molecular complexity index is 393. The highest BCUT2D eigenvalue weighted by Crippen LogP contribution is 2.31. The standard InChI is InChI=1S/C15H19F/c1-3-4-5-12-7-9-14-13(10-12)8-6-11(2)15(14)16/h3,6,8,12H,1,4-5,7,9-10H2,2H3. The van der Waals surface area contributed by atoms with Crippen molar-refractivity contribution in [2.24, 2.45) is 5.92 Å². The summed E-state index contributed by atoms with van der Waals surface area (Å²) in [7, 11) is 0. The van der Waals surface area contributed by atoms with Gasteiger partial charge in [-0.2, -0.15) is 0 Å². The minimum absolute atomic E-state index is 0.0275. The van der Waals surface area contributed by atoms with Crippen molar-refractivity contribution in [2.75, 3.05) is 0 Å². The number of hydrogen-bond donors (Lipinski definition) is 0. The quantitative estimate of drug-likeness (QED) is 0.667. The smallest absolute Gasteiger partial charge is 0.129 e. The number of hydrogen-bond acceptors (Lipinski definition) is 0. The van der Waals surface area contributed by atoms with Crippen molar-refractivity contribution in [3.63, 3.8) is 0 Å². The van der Waals surface area contributed by atoms with Crippen LogP contribution in [-0.4, -0.2) is 0 Å². The molecular weight excluding hydrogens is 199 g/mol. The summed E-state index contributed by atoms with van der Waals surface area (Å²) in [6, 6.07) is 4.01. The zero-order valence-electron chi connectivity index (χ0n) is 9.93. The number of rotatable bonds is 3. The maximum absolute atomic E-state index is 13.8. The zero-order valence-corrected chi connectivity index (χ0v) is 9.93. The normalized spacial score (nSPS) is 19.2. The fourth-order valence-corrected chi connectivity index (χ4v) is 2.60. The highest BCUT2D eigenvalue weighted by molar-refractivity contribution is 5.35. The molecule has 2 rings (SSSR count). The van der Waals surface area contributed by atoms with Crippen LogP contribution in [0.1, 0.15) is 36.0 Å². The third-order valence-corrected chi connectivity index (χ3v) is 3.62. The second kappa shape index (κ2) is 4.82. The third-order valence-electron chi connectivity index (χ3n) is 3.62. The second-order valence-electron chi connectivity index (χ2n) is 4.81. The molecule has 1 atom stereocenters. The van der Waals surface area contributed by atoms with Gasteiger partial charge in [-0.15, -0.1) is 6.58 Å². The van der Waals surface area contributed by atoms with Crippen LogP contribution in [0.5, 0.6) is 0 Å². The van der Waals surface area contributed by atoms with E-state index in [1.54, 1.807) is 0 Å². The molecule has 1 unspecified atom stereocenters. The Morgan fingerprint density at radius 3 is 3.06 bits per heavy atom. The van der Waals surface area contributed by atoms with Crippen molar-refractivity contribution in [2.45, 2.75) is 39.0 Å². The maximum atomic E-state index is 13.8. The van der Waals surface area contributed by atoms with Crippen LogP contribution in [0.15, 0.2) is 24.8 Å². The number of benzene rings is 1. The van der Waals surface area contributed by atoms with Crippen LogP contribution >= 0.6 is 0 Å². The predicted molar refractivity (Wildman–Crippen MR) is 66.1 cm³/mol. The molecule has 16 heavy (non-hydrogen) atoms. The fourth-order valence-electron chi connectivity index (χ4n) is 2.60. The van der Waals surface area contributed by atoms with Gasteiger partial charge in [0.2, 0.25) is 0 Å². The minimum Gasteiger partial charge on any atom is -0.206 e. The molecule has 0 radical (unpaired) electrons. The molecule has 86 valence electrons. The zero-order chi connectivity index (χ0) is 11.5. The van der Waals surface area contributed by atoms with E-state index in [9.17, 15) is 4.39 Å². The van der Waals surface area contributed by atoms with Crippen molar-refractivity contribution < 1.29 is 4.39 Å². The summed E-state index contributed by atoms with van der Waals surface area (Å²) in [5.41, 5.74) is 2.97. The summed E-state index contributed by atoms with van der Waals surface area (Å²) in [6.07, 6.45) is 7.32. The van der Waals surface area contributed by atoms with Gasteiger partial charge in [-0.3, -0.25) is 0 Å². The molecule has 0 heterocycles. The minimum atomic E-state index is 0.0275. The molecule has 0 nitrogen and oxygen atoms in total. The van der Waals surface area contributed by atoms with Gasteiger partial charge < -0.3 is 0 Å². The number of halogens is 1. The molecule has 0 spiro atoms. The van der Waals surface area contributed by atoms with E-state index in [0.29, 0.717) is 5.92 Å². The molecule has 1 heteroatoms. The van der Waals surface area contributed by atoms with E-state index >= 15 is 0 Å². The Balaban J connectivity index is 2.15. The van der Waals surface area contributed by atoms with Gasteiger partial charge in [0.1, 0.15) is 5.82 Å². The summed E-state index contributed by atoms with van der Waals surface area (Å²) in [4.78, 5) is 0. The van der Waals surface area contributed by atoms with Crippen molar-refractivity contribution in [1.82, 2.24) is 0 Å². The lowest BCUT2D eigenvalue weighted by molar-refractivity contribution is 0.421. The Labute approximate surface area is 97.2 Å². The molecule has 0 aromatic heterocycles. The number of fused-ring (bicyclic) bond motifs is 1. The highest BCUT2D eigenvalue weighted by Gasteiger charge is 2.21. The van der Waals surface area contributed by atoms with Gasteiger partial charge in [0.05, 0.1) is 0 Å². The molecule has 1 aliphatic carbocycles. The van der Waals surface area contributed by atoms with Crippen LogP contribution in [-0.2, 0) is 12.8 Å². The lowest BCUT2D eigenvalue weighted by atomic mass is 9.81. The molecule has 0 aliphatic heterocycles. The maximum Gasteiger partial charge on any atom is 0.129 e. The molecule has 1 aromatic carbocycles. The van der Waals surface area contributed by atoms with E-state index < -0.39 is 0 Å². The Kier molecular flexibility index (Phi) is 3.42. The van der Waals surface area contributed by atoms with Gasteiger partial charge in [0.15, 0.2) is 0 Å². The lowest BCUT2D eigenvalue weighted by Gasteiger charge is -2.25.